The number of rotatable bonds is 4. The van der Waals surface area contributed by atoms with Gasteiger partial charge in [-0.2, -0.15) is 8.42 Å². The van der Waals surface area contributed by atoms with Gasteiger partial charge in [-0.15, -0.1) is 0 Å². The van der Waals surface area contributed by atoms with Gasteiger partial charge in [0.05, 0.1) is 15.1 Å². The van der Waals surface area contributed by atoms with Crippen LogP contribution >= 0.6 is 46.4 Å². The van der Waals surface area contributed by atoms with Crippen LogP contribution < -0.4 is 0 Å². The minimum atomic E-state index is -5.05. The van der Waals surface area contributed by atoms with E-state index >= 15 is 0 Å². The van der Waals surface area contributed by atoms with Crippen LogP contribution in [0.15, 0.2) is 54.6 Å². The van der Waals surface area contributed by atoms with E-state index < -0.39 is 26.4 Å². The Morgan fingerprint density at radius 3 is 1.76 bits per heavy atom. The second-order valence-corrected chi connectivity index (χ2v) is 9.28. The third-order valence-corrected chi connectivity index (χ3v) is 7.20. The molecule has 1 atom stereocenters. The summed E-state index contributed by atoms with van der Waals surface area (Å²) in [7, 11) is -5.05. The number of aromatic hydroxyl groups is 2. The maximum absolute atomic E-state index is 13.0. The predicted octanol–water partition coefficient (Wildman–Crippen LogP) is 5.89. The van der Waals surface area contributed by atoms with Gasteiger partial charge in [-0.1, -0.05) is 76.7 Å². The minimum absolute atomic E-state index is 0.0193. The number of hydrogen-bond acceptors (Lipinski definition) is 4. The maximum atomic E-state index is 13.0. The summed E-state index contributed by atoms with van der Waals surface area (Å²) < 4.78 is 34.0. The first kappa shape index (κ1) is 22.0. The first-order chi connectivity index (χ1) is 13.5. The summed E-state index contributed by atoms with van der Waals surface area (Å²) >= 11 is 24.7. The zero-order valence-electron chi connectivity index (χ0n) is 14.3. The zero-order valence-corrected chi connectivity index (χ0v) is 18.1. The number of phenolic OH excluding ortho intramolecular Hbond substituents is 2. The molecule has 5 nitrogen and oxygen atoms in total. The van der Waals surface area contributed by atoms with Crippen LogP contribution in [0.2, 0.25) is 20.1 Å². The van der Waals surface area contributed by atoms with E-state index in [1.165, 1.54) is 24.3 Å². The van der Waals surface area contributed by atoms with Crippen LogP contribution in [0.3, 0.4) is 0 Å². The third kappa shape index (κ3) is 3.65. The van der Waals surface area contributed by atoms with Gasteiger partial charge in [-0.05, 0) is 23.8 Å². The Labute approximate surface area is 186 Å². The van der Waals surface area contributed by atoms with E-state index in [2.05, 4.69) is 0 Å². The molecule has 0 bridgehead atoms. The summed E-state index contributed by atoms with van der Waals surface area (Å²) in [4.78, 5) is 0. The highest BCUT2D eigenvalue weighted by molar-refractivity contribution is 7.87. The highest BCUT2D eigenvalue weighted by Gasteiger charge is 2.51. The molecule has 0 aliphatic carbocycles. The number of hydrogen-bond donors (Lipinski definition) is 3. The monoisotopic (exact) mass is 492 g/mol. The van der Waals surface area contributed by atoms with Gasteiger partial charge in [0.2, 0.25) is 0 Å². The Morgan fingerprint density at radius 2 is 1.17 bits per heavy atom. The van der Waals surface area contributed by atoms with E-state index in [9.17, 15) is 23.2 Å². The summed E-state index contributed by atoms with van der Waals surface area (Å²) in [6, 6.07) is 12.0. The molecule has 0 amide bonds. The Morgan fingerprint density at radius 1 is 0.690 bits per heavy atom. The van der Waals surface area contributed by atoms with Crippen molar-refractivity contribution in [1.82, 2.24) is 0 Å². The fourth-order valence-electron chi connectivity index (χ4n) is 3.17. The maximum Gasteiger partial charge on any atom is 0.283 e. The van der Waals surface area contributed by atoms with E-state index in [-0.39, 0.29) is 36.8 Å². The van der Waals surface area contributed by atoms with Crippen molar-refractivity contribution in [2.75, 3.05) is 0 Å². The van der Waals surface area contributed by atoms with Gasteiger partial charge in [-0.3, -0.25) is 4.55 Å². The van der Waals surface area contributed by atoms with Gasteiger partial charge >= 0.3 is 0 Å². The highest BCUT2D eigenvalue weighted by atomic mass is 35.5. The lowest BCUT2D eigenvalue weighted by Crippen LogP contribution is -2.38. The van der Waals surface area contributed by atoms with Crippen molar-refractivity contribution < 1.29 is 23.2 Å². The van der Waals surface area contributed by atoms with E-state index in [0.717, 1.165) is 12.1 Å². The van der Waals surface area contributed by atoms with Crippen molar-refractivity contribution in [2.45, 2.75) is 4.75 Å². The SMILES string of the molecule is O=S(=O)(O)C(c1ccccc1)(c1cc(O)c(O)cc1Cl)c1cc(Cl)c(Cl)cc1Cl. The van der Waals surface area contributed by atoms with Crippen molar-refractivity contribution in [2.24, 2.45) is 0 Å². The van der Waals surface area contributed by atoms with E-state index in [1.807, 2.05) is 0 Å². The molecule has 0 fully saturated rings. The molecule has 0 saturated carbocycles. The molecular formula is C19H12Cl4O5S. The molecule has 3 aromatic carbocycles. The summed E-state index contributed by atoms with van der Waals surface area (Å²) in [5, 5.41) is 19.5. The summed E-state index contributed by atoms with van der Waals surface area (Å²) in [6.07, 6.45) is 0. The fourth-order valence-corrected chi connectivity index (χ4v) is 5.60. The Kier molecular flexibility index (Phi) is 5.98. The molecule has 3 aromatic rings. The topological polar surface area (TPSA) is 94.8 Å². The second kappa shape index (κ2) is 7.87. The predicted molar refractivity (Wildman–Crippen MR) is 114 cm³/mol. The zero-order chi connectivity index (χ0) is 21.6. The molecule has 0 heterocycles. The average Bonchev–Trinajstić information content (AvgIpc) is 2.63. The van der Waals surface area contributed by atoms with Crippen molar-refractivity contribution in [3.63, 3.8) is 0 Å². The molecule has 3 N–H and O–H groups in total. The Hall–Kier alpha value is -1.67. The van der Waals surface area contributed by atoms with Crippen molar-refractivity contribution in [1.29, 1.82) is 0 Å². The van der Waals surface area contributed by atoms with Gasteiger partial charge in [0.15, 0.2) is 16.2 Å². The minimum Gasteiger partial charge on any atom is -0.504 e. The first-order valence-electron chi connectivity index (χ1n) is 7.89. The summed E-state index contributed by atoms with van der Waals surface area (Å²) in [6.45, 7) is 0. The smallest absolute Gasteiger partial charge is 0.283 e. The van der Waals surface area contributed by atoms with Gasteiger partial charge in [-0.25, -0.2) is 0 Å². The fraction of sp³-hybridized carbons (Fsp3) is 0.0526. The van der Waals surface area contributed by atoms with Crippen LogP contribution in [-0.2, 0) is 14.9 Å². The van der Waals surface area contributed by atoms with Crippen LogP contribution in [-0.4, -0.2) is 23.2 Å². The normalized spacial score (nSPS) is 13.8. The molecule has 0 spiro atoms. The van der Waals surface area contributed by atoms with Gasteiger partial charge < -0.3 is 10.2 Å². The third-order valence-electron chi connectivity index (χ3n) is 4.40. The molecule has 0 aliphatic heterocycles. The number of phenols is 2. The standard InChI is InChI=1S/C19H12Cl4O5S/c20-13-8-16(23)15(22)6-11(13)19(29(26,27)28,10-4-2-1-3-5-10)12-7-17(24)18(25)9-14(12)21/h1-9,24-25H,(H,26,27,28). The average molecular weight is 494 g/mol. The Bertz CT molecular complexity index is 1140. The van der Waals surface area contributed by atoms with Crippen LogP contribution in [0.1, 0.15) is 16.7 Å². The summed E-state index contributed by atoms with van der Waals surface area (Å²) in [5.74, 6) is -1.22. The van der Waals surface area contributed by atoms with E-state index in [0.29, 0.717) is 0 Å². The largest absolute Gasteiger partial charge is 0.504 e. The first-order valence-corrected chi connectivity index (χ1v) is 10.8. The highest BCUT2D eigenvalue weighted by Crippen LogP contribution is 2.51. The van der Waals surface area contributed by atoms with E-state index in [1.54, 1.807) is 18.2 Å². The quantitative estimate of drug-likeness (QED) is 0.182. The van der Waals surface area contributed by atoms with Gasteiger partial charge in [0, 0.05) is 22.2 Å². The molecule has 10 heteroatoms. The van der Waals surface area contributed by atoms with Crippen LogP contribution in [0.5, 0.6) is 11.5 Å². The van der Waals surface area contributed by atoms with Crippen LogP contribution in [0, 0.1) is 0 Å². The molecule has 1 unspecified atom stereocenters. The molecule has 0 aliphatic rings. The number of benzene rings is 3. The van der Waals surface area contributed by atoms with Crippen LogP contribution in [0.4, 0.5) is 0 Å². The lowest BCUT2D eigenvalue weighted by atomic mass is 9.83. The summed E-state index contributed by atoms with van der Waals surface area (Å²) in [5.41, 5.74) is -0.326. The molecule has 0 aromatic heterocycles. The van der Waals surface area contributed by atoms with Gasteiger partial charge in [0.1, 0.15) is 0 Å². The van der Waals surface area contributed by atoms with Gasteiger partial charge in [0.25, 0.3) is 10.1 Å². The van der Waals surface area contributed by atoms with Crippen molar-refractivity contribution in [3.8, 4) is 11.5 Å². The Balaban J connectivity index is 2.62. The molecular weight excluding hydrogens is 482 g/mol. The number of halogens is 4. The lowest BCUT2D eigenvalue weighted by Gasteiger charge is -2.34. The second-order valence-electron chi connectivity index (χ2n) is 6.09. The molecule has 29 heavy (non-hydrogen) atoms. The molecule has 0 radical (unpaired) electrons. The van der Waals surface area contributed by atoms with E-state index in [4.69, 9.17) is 46.4 Å². The molecule has 152 valence electrons. The molecule has 0 saturated heterocycles. The lowest BCUT2D eigenvalue weighted by molar-refractivity contribution is 0.402. The van der Waals surface area contributed by atoms with Crippen molar-refractivity contribution in [3.05, 3.63) is 91.4 Å². The molecule has 3 rings (SSSR count). The van der Waals surface area contributed by atoms with Crippen LogP contribution in [0.25, 0.3) is 0 Å². The van der Waals surface area contributed by atoms with Crippen molar-refractivity contribution >= 4 is 56.5 Å².